The van der Waals surface area contributed by atoms with Crippen molar-refractivity contribution in [2.45, 2.75) is 52.2 Å². The summed E-state index contributed by atoms with van der Waals surface area (Å²) in [5, 5.41) is 35.0. The molecule has 2 aromatic heterocycles. The smallest absolute Gasteiger partial charge is 0.356 e. The Kier molecular flexibility index (Phi) is 6.56. The molecule has 176 valence electrons. The van der Waals surface area contributed by atoms with Gasteiger partial charge in [-0.25, -0.2) is 14.9 Å². The topological polar surface area (TPSA) is 130 Å². The van der Waals surface area contributed by atoms with Crippen LogP contribution in [0.1, 0.15) is 61.2 Å². The van der Waals surface area contributed by atoms with Gasteiger partial charge in [0.05, 0.1) is 5.69 Å². The third-order valence-corrected chi connectivity index (χ3v) is 6.05. The second-order valence-electron chi connectivity index (χ2n) is 8.49. The molecule has 0 saturated heterocycles. The molecule has 0 saturated carbocycles. The van der Waals surface area contributed by atoms with Crippen molar-refractivity contribution in [3.63, 3.8) is 0 Å². The van der Waals surface area contributed by atoms with Gasteiger partial charge >= 0.3 is 5.97 Å². The van der Waals surface area contributed by atoms with E-state index in [4.69, 9.17) is 0 Å². The zero-order valence-electron chi connectivity index (χ0n) is 19.5. The summed E-state index contributed by atoms with van der Waals surface area (Å²) in [4.78, 5) is 16.3. The van der Waals surface area contributed by atoms with E-state index in [0.29, 0.717) is 36.7 Å². The van der Waals surface area contributed by atoms with Gasteiger partial charge in [0.2, 0.25) is 0 Å². The van der Waals surface area contributed by atoms with Gasteiger partial charge in [-0.1, -0.05) is 62.4 Å². The van der Waals surface area contributed by atoms with Crippen molar-refractivity contribution in [1.29, 1.82) is 0 Å². The molecule has 1 atom stereocenters. The zero-order chi connectivity index (χ0) is 24.3. The van der Waals surface area contributed by atoms with Gasteiger partial charge in [0.25, 0.3) is 0 Å². The summed E-state index contributed by atoms with van der Waals surface area (Å²) >= 11 is 0. The lowest BCUT2D eigenvalue weighted by Gasteiger charge is -2.25. The molecule has 4 aromatic rings. The molecule has 4 rings (SSSR count). The molecule has 0 aliphatic heterocycles. The lowest BCUT2D eigenvalue weighted by atomic mass is 9.96. The molecule has 0 radical (unpaired) electrons. The number of H-pyrrole nitrogens is 1. The maximum absolute atomic E-state index is 11.9. The highest BCUT2D eigenvalue weighted by molar-refractivity contribution is 5.87. The number of hydrogen-bond donors (Lipinski definition) is 3. The molecule has 0 aliphatic rings. The van der Waals surface area contributed by atoms with E-state index >= 15 is 0 Å². The van der Waals surface area contributed by atoms with E-state index in [-0.39, 0.29) is 5.69 Å². The van der Waals surface area contributed by atoms with Gasteiger partial charge in [-0.2, -0.15) is 0 Å². The Morgan fingerprint density at radius 3 is 2.38 bits per heavy atom. The first-order chi connectivity index (χ1) is 16.4. The Labute approximate surface area is 197 Å². The molecule has 0 spiro atoms. The molecular formula is C25H28N6O3. The van der Waals surface area contributed by atoms with E-state index in [9.17, 15) is 15.0 Å². The molecule has 0 fully saturated rings. The Morgan fingerprint density at radius 1 is 1.09 bits per heavy atom. The maximum Gasteiger partial charge on any atom is 0.356 e. The molecule has 1 unspecified atom stereocenters. The predicted octanol–water partition coefficient (Wildman–Crippen LogP) is 4.05. The van der Waals surface area contributed by atoms with Crippen LogP contribution < -0.4 is 0 Å². The fraction of sp³-hybridized carbons (Fsp3) is 0.320. The summed E-state index contributed by atoms with van der Waals surface area (Å²) in [6.07, 6.45) is 1.81. The second-order valence-corrected chi connectivity index (χ2v) is 8.49. The Morgan fingerprint density at radius 2 is 1.79 bits per heavy atom. The second kappa shape index (κ2) is 9.56. The van der Waals surface area contributed by atoms with E-state index in [1.165, 1.54) is 0 Å². The molecule has 0 aliphatic carbocycles. The van der Waals surface area contributed by atoms with Crippen LogP contribution in [0.15, 0.2) is 48.5 Å². The Bertz CT molecular complexity index is 1280. The number of hydrogen-bond acceptors (Lipinski definition) is 6. The first-order valence-corrected chi connectivity index (χ1v) is 11.3. The molecule has 3 N–H and O–H groups in total. The zero-order valence-corrected chi connectivity index (χ0v) is 19.5. The van der Waals surface area contributed by atoms with Crippen molar-refractivity contribution in [3.05, 3.63) is 71.3 Å². The van der Waals surface area contributed by atoms with E-state index in [1.807, 2.05) is 66.9 Å². The largest absolute Gasteiger partial charge is 0.476 e. The molecule has 9 nitrogen and oxygen atoms in total. The van der Waals surface area contributed by atoms with Gasteiger partial charge < -0.3 is 14.8 Å². The average molecular weight is 461 g/mol. The number of tetrazole rings is 1. The maximum atomic E-state index is 11.9. The van der Waals surface area contributed by atoms with E-state index < -0.39 is 11.6 Å². The first-order valence-electron chi connectivity index (χ1n) is 11.3. The monoisotopic (exact) mass is 460 g/mol. The fourth-order valence-electron chi connectivity index (χ4n) is 4.13. The van der Waals surface area contributed by atoms with Crippen molar-refractivity contribution in [2.75, 3.05) is 0 Å². The first kappa shape index (κ1) is 23.3. The number of nitrogens with one attached hydrogen (secondary N) is 1. The van der Waals surface area contributed by atoms with Gasteiger partial charge in [-0.3, -0.25) is 0 Å². The van der Waals surface area contributed by atoms with Crippen LogP contribution in [-0.4, -0.2) is 46.4 Å². The Balaban J connectivity index is 1.72. The van der Waals surface area contributed by atoms with Gasteiger partial charge in [-0.05, 0) is 46.9 Å². The number of nitrogens with zero attached hydrogens (tertiary/aromatic N) is 5. The lowest BCUT2D eigenvalue weighted by molar-refractivity contribution is 0.0408. The number of rotatable bonds is 9. The van der Waals surface area contributed by atoms with Crippen LogP contribution in [0.5, 0.6) is 0 Å². The van der Waals surface area contributed by atoms with Crippen molar-refractivity contribution in [1.82, 2.24) is 30.2 Å². The number of benzene rings is 2. The standard InChI is InChI=1S/C25H28N6O3/c1-4-8-20-26-21(24(32)33)22(25(3,34)5-2)31(20)15-16-11-13-17(14-12-16)18-9-6-7-10-19(18)23-27-29-30-28-23/h6-7,9-14,34H,4-5,8,15H2,1-3H3,(H,32,33)(H,27,28,29,30). The van der Waals surface area contributed by atoms with Crippen molar-refractivity contribution < 1.29 is 15.0 Å². The molecule has 9 heteroatoms. The average Bonchev–Trinajstić information content (AvgIpc) is 3.49. The van der Waals surface area contributed by atoms with E-state index in [1.54, 1.807) is 6.92 Å². The predicted molar refractivity (Wildman–Crippen MR) is 127 cm³/mol. The number of aliphatic hydroxyl groups is 1. The summed E-state index contributed by atoms with van der Waals surface area (Å²) in [7, 11) is 0. The number of aromatic carboxylic acids is 1. The van der Waals surface area contributed by atoms with Crippen molar-refractivity contribution in [3.8, 4) is 22.5 Å². The molecule has 2 aromatic carbocycles. The van der Waals surface area contributed by atoms with Crippen LogP contribution in [0.4, 0.5) is 0 Å². The third kappa shape index (κ3) is 4.47. The Hall–Kier alpha value is -3.85. The summed E-state index contributed by atoms with van der Waals surface area (Å²) in [6, 6.07) is 15.9. The minimum atomic E-state index is -1.31. The fourth-order valence-corrected chi connectivity index (χ4v) is 4.13. The molecule has 0 amide bonds. The molecule has 2 heterocycles. The van der Waals surface area contributed by atoms with Gasteiger partial charge in [0.15, 0.2) is 11.5 Å². The van der Waals surface area contributed by atoms with E-state index in [2.05, 4.69) is 25.6 Å². The highest BCUT2D eigenvalue weighted by Gasteiger charge is 2.34. The van der Waals surface area contributed by atoms with Gasteiger partial charge in [0.1, 0.15) is 11.4 Å². The van der Waals surface area contributed by atoms with Gasteiger partial charge in [-0.15, -0.1) is 5.10 Å². The van der Waals surface area contributed by atoms with Gasteiger partial charge in [0, 0.05) is 18.5 Å². The number of carboxylic acids is 1. The number of aromatic nitrogens is 6. The minimum absolute atomic E-state index is 0.0819. The SMILES string of the molecule is CCCc1nc(C(=O)O)c(C(C)(O)CC)n1Cc1ccc(-c2ccccc2-c2nnn[nH]2)cc1. The number of aromatic amines is 1. The number of carboxylic acid groups (broad SMARTS) is 1. The molecular weight excluding hydrogens is 432 g/mol. The van der Waals surface area contributed by atoms with Crippen LogP contribution in [0, 0.1) is 0 Å². The highest BCUT2D eigenvalue weighted by Crippen LogP contribution is 2.32. The van der Waals surface area contributed by atoms with Crippen LogP contribution in [-0.2, 0) is 18.6 Å². The van der Waals surface area contributed by atoms with Crippen molar-refractivity contribution >= 4 is 5.97 Å². The van der Waals surface area contributed by atoms with Crippen LogP contribution in [0.2, 0.25) is 0 Å². The number of imidazole rings is 1. The third-order valence-electron chi connectivity index (χ3n) is 6.05. The summed E-state index contributed by atoms with van der Waals surface area (Å²) in [5.41, 5.74) is 2.82. The quantitative estimate of drug-likeness (QED) is 0.343. The summed E-state index contributed by atoms with van der Waals surface area (Å²) in [6.45, 7) is 5.91. The lowest BCUT2D eigenvalue weighted by Crippen LogP contribution is -2.27. The van der Waals surface area contributed by atoms with Crippen LogP contribution in [0.3, 0.4) is 0 Å². The van der Waals surface area contributed by atoms with Crippen LogP contribution in [0.25, 0.3) is 22.5 Å². The van der Waals surface area contributed by atoms with Crippen LogP contribution >= 0.6 is 0 Å². The number of aryl methyl sites for hydroxylation is 1. The highest BCUT2D eigenvalue weighted by atomic mass is 16.4. The van der Waals surface area contributed by atoms with Crippen molar-refractivity contribution in [2.24, 2.45) is 0 Å². The van der Waals surface area contributed by atoms with E-state index in [0.717, 1.165) is 28.7 Å². The summed E-state index contributed by atoms with van der Waals surface area (Å²) in [5.74, 6) is 0.125. The normalized spacial score (nSPS) is 13.1. The minimum Gasteiger partial charge on any atom is -0.476 e. The molecule has 34 heavy (non-hydrogen) atoms. The summed E-state index contributed by atoms with van der Waals surface area (Å²) < 4.78 is 1.86. The number of carbonyl (C=O) groups is 1. The molecule has 0 bridgehead atoms.